The average Bonchev–Trinajstić information content (AvgIpc) is 3.41. The molecule has 3 aliphatic rings. The van der Waals surface area contributed by atoms with Gasteiger partial charge in [0, 0.05) is 37.3 Å². The van der Waals surface area contributed by atoms with Gasteiger partial charge in [-0.2, -0.15) is 0 Å². The Labute approximate surface area is 203 Å². The van der Waals surface area contributed by atoms with E-state index in [1.807, 2.05) is 19.1 Å². The molecule has 2 atom stereocenters. The van der Waals surface area contributed by atoms with Crippen LogP contribution in [0.25, 0.3) is 11.2 Å². The molecule has 35 heavy (non-hydrogen) atoms. The highest BCUT2D eigenvalue weighted by Crippen LogP contribution is 2.42. The van der Waals surface area contributed by atoms with Crippen LogP contribution in [0.5, 0.6) is 0 Å². The van der Waals surface area contributed by atoms with Crippen molar-refractivity contribution in [3.8, 4) is 0 Å². The van der Waals surface area contributed by atoms with Crippen molar-refractivity contribution in [2.24, 2.45) is 11.1 Å². The Morgan fingerprint density at radius 1 is 1.26 bits per heavy atom. The maximum absolute atomic E-state index is 12.6. The number of aryl methyl sites for hydroxylation is 1. The number of pyridine rings is 1. The van der Waals surface area contributed by atoms with E-state index in [1.165, 1.54) is 11.8 Å². The summed E-state index contributed by atoms with van der Waals surface area (Å²) in [5.41, 5.74) is 9.43. The topological polar surface area (TPSA) is 125 Å². The first kappa shape index (κ1) is 22.2. The lowest BCUT2D eigenvalue weighted by atomic mass is 9.73. The van der Waals surface area contributed by atoms with Crippen LogP contribution in [-0.4, -0.2) is 76.3 Å². The molecule has 0 unspecified atom stereocenters. The van der Waals surface area contributed by atoms with Gasteiger partial charge < -0.3 is 25.0 Å². The second-order valence-electron chi connectivity index (χ2n) is 9.72. The van der Waals surface area contributed by atoms with Crippen LogP contribution in [0.3, 0.4) is 0 Å². The van der Waals surface area contributed by atoms with E-state index < -0.39 is 6.09 Å². The third kappa shape index (κ3) is 3.52. The summed E-state index contributed by atoms with van der Waals surface area (Å²) in [6.45, 7) is 5.11. The predicted octanol–water partition coefficient (Wildman–Crippen LogP) is 2.25. The second-order valence-corrected chi connectivity index (χ2v) is 9.72. The van der Waals surface area contributed by atoms with E-state index in [-0.39, 0.29) is 17.6 Å². The molecule has 3 aliphatic heterocycles. The van der Waals surface area contributed by atoms with Gasteiger partial charge in [-0.05, 0) is 44.7 Å². The molecular formula is C24H30N8O3. The number of hydrogen-bond donors (Lipinski definition) is 1. The maximum atomic E-state index is 12.6. The Kier molecular flexibility index (Phi) is 5.33. The van der Waals surface area contributed by atoms with Crippen LogP contribution >= 0.6 is 0 Å². The molecule has 0 amide bonds. The first-order chi connectivity index (χ1) is 17.0. The van der Waals surface area contributed by atoms with Crippen LogP contribution < -0.4 is 15.5 Å². The number of carbonyl (C=O) groups excluding carboxylic acids is 1. The highest BCUT2D eigenvalue weighted by molar-refractivity contribution is 5.93. The molecule has 6 heterocycles. The zero-order valence-corrected chi connectivity index (χ0v) is 20.1. The number of methoxy groups -OCH3 is 1. The fourth-order valence-electron chi connectivity index (χ4n) is 5.68. The summed E-state index contributed by atoms with van der Waals surface area (Å²) in [6, 6.07) is 3.98. The minimum Gasteiger partial charge on any atom is -0.451 e. The summed E-state index contributed by atoms with van der Waals surface area (Å²) in [5.74, 6) is 1.30. The van der Waals surface area contributed by atoms with Crippen molar-refractivity contribution >= 4 is 34.6 Å². The van der Waals surface area contributed by atoms with Crippen molar-refractivity contribution in [2.75, 3.05) is 43.2 Å². The van der Waals surface area contributed by atoms with E-state index in [0.29, 0.717) is 29.4 Å². The van der Waals surface area contributed by atoms with E-state index in [1.54, 1.807) is 12.4 Å². The van der Waals surface area contributed by atoms with Crippen LogP contribution in [0.15, 0.2) is 24.5 Å². The monoisotopic (exact) mass is 478 g/mol. The zero-order valence-electron chi connectivity index (χ0n) is 20.1. The average molecular weight is 479 g/mol. The number of nitrogens with two attached hydrogens (primary N) is 1. The normalized spacial score (nSPS) is 23.6. The van der Waals surface area contributed by atoms with Crippen LogP contribution in [0.1, 0.15) is 31.9 Å². The Balaban J connectivity index is 1.35. The number of piperidine rings is 1. The summed E-state index contributed by atoms with van der Waals surface area (Å²) in [4.78, 5) is 31.0. The standard InChI is InChI=1S/C24H30N8O3/c1-15-20(25)24(14-35-15)7-11-30(12-8-24)18-13-27-19-21(28-18)32(23(33)34-2)29-22(19)31-10-4-5-16-17(31)6-3-9-26-16/h3,6,9,13,15,20H,4-5,7-8,10-12,14,25H2,1-2H3/t15-,20+/m0/s1. The highest BCUT2D eigenvalue weighted by atomic mass is 16.5. The Morgan fingerprint density at radius 2 is 2.09 bits per heavy atom. The number of carbonyl (C=O) groups is 1. The lowest BCUT2D eigenvalue weighted by Crippen LogP contribution is -2.50. The lowest BCUT2D eigenvalue weighted by Gasteiger charge is -2.41. The predicted molar refractivity (Wildman–Crippen MR) is 130 cm³/mol. The molecule has 2 saturated heterocycles. The van der Waals surface area contributed by atoms with Gasteiger partial charge >= 0.3 is 6.09 Å². The van der Waals surface area contributed by atoms with E-state index in [9.17, 15) is 4.79 Å². The highest BCUT2D eigenvalue weighted by Gasteiger charge is 2.47. The molecular weight excluding hydrogens is 448 g/mol. The quantitative estimate of drug-likeness (QED) is 0.586. The number of ether oxygens (including phenoxy) is 2. The van der Waals surface area contributed by atoms with Crippen molar-refractivity contribution in [3.63, 3.8) is 0 Å². The van der Waals surface area contributed by atoms with Gasteiger partial charge in [-0.3, -0.25) is 4.98 Å². The van der Waals surface area contributed by atoms with Crippen LogP contribution in [-0.2, 0) is 15.9 Å². The van der Waals surface area contributed by atoms with Crippen LogP contribution in [0.2, 0.25) is 0 Å². The van der Waals surface area contributed by atoms with Gasteiger partial charge in [0.15, 0.2) is 17.0 Å². The number of fused-ring (bicyclic) bond motifs is 2. The van der Waals surface area contributed by atoms with E-state index in [0.717, 1.165) is 56.7 Å². The van der Waals surface area contributed by atoms with E-state index in [4.69, 9.17) is 25.2 Å². The van der Waals surface area contributed by atoms with E-state index >= 15 is 0 Å². The van der Waals surface area contributed by atoms with Crippen LogP contribution in [0, 0.1) is 5.41 Å². The summed E-state index contributed by atoms with van der Waals surface area (Å²) < 4.78 is 12.1. The second kappa shape index (κ2) is 8.42. The summed E-state index contributed by atoms with van der Waals surface area (Å²) in [6.07, 6.45) is 6.75. The molecule has 3 aromatic heterocycles. The molecule has 0 aromatic carbocycles. The van der Waals surface area contributed by atoms with Crippen molar-refractivity contribution in [1.82, 2.24) is 24.7 Å². The van der Waals surface area contributed by atoms with Gasteiger partial charge in [-0.1, -0.05) is 0 Å². The van der Waals surface area contributed by atoms with Crippen molar-refractivity contribution in [2.45, 2.75) is 44.8 Å². The lowest BCUT2D eigenvalue weighted by molar-refractivity contribution is 0.0974. The molecule has 0 bridgehead atoms. The number of nitrogens with zero attached hydrogens (tertiary/aromatic N) is 7. The minimum atomic E-state index is -0.600. The largest absolute Gasteiger partial charge is 0.451 e. The molecule has 1 spiro atoms. The van der Waals surface area contributed by atoms with Crippen molar-refractivity contribution in [1.29, 1.82) is 0 Å². The molecule has 11 nitrogen and oxygen atoms in total. The Morgan fingerprint density at radius 3 is 2.83 bits per heavy atom. The number of aromatic nitrogens is 5. The van der Waals surface area contributed by atoms with Crippen molar-refractivity contribution < 1.29 is 14.3 Å². The third-order valence-electron chi connectivity index (χ3n) is 7.83. The summed E-state index contributed by atoms with van der Waals surface area (Å²) in [7, 11) is 1.34. The smallest absolute Gasteiger partial charge is 0.436 e. The molecule has 184 valence electrons. The summed E-state index contributed by atoms with van der Waals surface area (Å²) >= 11 is 0. The molecule has 2 fully saturated rings. The van der Waals surface area contributed by atoms with Gasteiger partial charge in [-0.25, -0.2) is 14.8 Å². The van der Waals surface area contributed by atoms with Gasteiger partial charge in [-0.15, -0.1) is 9.78 Å². The third-order valence-corrected chi connectivity index (χ3v) is 7.83. The number of rotatable bonds is 2. The first-order valence-corrected chi connectivity index (χ1v) is 12.2. The molecule has 0 aliphatic carbocycles. The SMILES string of the molecule is COC(=O)n1nc(N2CCCc3ncccc32)c2ncc(N3CCC4(CC3)CO[C@@H](C)[C@H]4N)nc21. The fourth-order valence-corrected chi connectivity index (χ4v) is 5.68. The molecule has 6 rings (SSSR count). The van der Waals surface area contributed by atoms with Gasteiger partial charge in [0.05, 0.1) is 37.4 Å². The van der Waals surface area contributed by atoms with Gasteiger partial charge in [0.1, 0.15) is 5.82 Å². The number of hydrogen-bond acceptors (Lipinski definition) is 10. The molecule has 11 heteroatoms. The van der Waals surface area contributed by atoms with Gasteiger partial charge in [0.2, 0.25) is 0 Å². The summed E-state index contributed by atoms with van der Waals surface area (Å²) in [5, 5.41) is 4.61. The van der Waals surface area contributed by atoms with Gasteiger partial charge in [0.25, 0.3) is 0 Å². The van der Waals surface area contributed by atoms with Crippen molar-refractivity contribution in [3.05, 3.63) is 30.2 Å². The molecule has 2 N–H and O–H groups in total. The molecule has 0 radical (unpaired) electrons. The van der Waals surface area contributed by atoms with Crippen LogP contribution in [0.4, 0.5) is 22.1 Å². The Hall–Kier alpha value is -3.31. The maximum Gasteiger partial charge on any atom is 0.436 e. The fraction of sp³-hybridized carbons (Fsp3) is 0.542. The first-order valence-electron chi connectivity index (χ1n) is 12.2. The van der Waals surface area contributed by atoms with E-state index in [2.05, 4.69) is 19.9 Å². The Bertz CT molecular complexity index is 1270. The minimum absolute atomic E-state index is 0.0180. The molecule has 3 aromatic rings. The zero-order chi connectivity index (χ0) is 24.2. The number of anilines is 3. The molecule has 0 saturated carbocycles.